The molecule has 0 spiro atoms. The fourth-order valence-electron chi connectivity index (χ4n) is 3.64. The van der Waals surface area contributed by atoms with E-state index in [-0.39, 0.29) is 17.9 Å². The summed E-state index contributed by atoms with van der Waals surface area (Å²) in [5, 5.41) is 3.64. The third-order valence-corrected chi connectivity index (χ3v) is 6.50. The van der Waals surface area contributed by atoms with Gasteiger partial charge in [0.25, 0.3) is 11.8 Å². The Morgan fingerprint density at radius 2 is 2.00 bits per heavy atom. The highest BCUT2D eigenvalue weighted by molar-refractivity contribution is 7.99. The normalized spacial score (nSPS) is 15.0. The Labute approximate surface area is 184 Å². The number of rotatable bonds is 5. The predicted molar refractivity (Wildman–Crippen MR) is 119 cm³/mol. The smallest absolute Gasteiger partial charge is 0.261 e. The van der Waals surface area contributed by atoms with Crippen LogP contribution in [0.25, 0.3) is 0 Å². The van der Waals surface area contributed by atoms with Crippen molar-refractivity contribution in [1.29, 1.82) is 0 Å². The summed E-state index contributed by atoms with van der Waals surface area (Å²) in [6.45, 7) is 0.421. The number of fused-ring (bicyclic) bond motifs is 2. The Kier molecular flexibility index (Phi) is 5.11. The lowest BCUT2D eigenvalue weighted by atomic mass is 10.1. The quantitative estimate of drug-likeness (QED) is 0.652. The van der Waals surface area contributed by atoms with Crippen molar-refractivity contribution in [2.24, 2.45) is 0 Å². The number of amides is 2. The highest BCUT2D eigenvalue weighted by Gasteiger charge is 2.38. The molecule has 1 aliphatic carbocycles. The molecule has 1 aliphatic heterocycles. The highest BCUT2D eigenvalue weighted by atomic mass is 32.2. The molecule has 2 aromatic carbocycles. The minimum Gasteiger partial charge on any atom is -0.497 e. The number of aromatic nitrogens is 1. The minimum atomic E-state index is -0.158. The molecule has 6 nitrogen and oxygen atoms in total. The van der Waals surface area contributed by atoms with Gasteiger partial charge in [0.05, 0.1) is 18.4 Å². The van der Waals surface area contributed by atoms with Gasteiger partial charge in [0, 0.05) is 29.2 Å². The molecule has 7 heteroatoms. The Morgan fingerprint density at radius 1 is 1.19 bits per heavy atom. The van der Waals surface area contributed by atoms with Crippen LogP contribution in [0.1, 0.15) is 39.1 Å². The van der Waals surface area contributed by atoms with Crippen LogP contribution in [0.15, 0.2) is 70.7 Å². The van der Waals surface area contributed by atoms with Crippen LogP contribution in [0.4, 0.5) is 5.69 Å². The summed E-state index contributed by atoms with van der Waals surface area (Å²) in [5.74, 6) is 0.601. The highest BCUT2D eigenvalue weighted by Crippen LogP contribution is 2.44. The van der Waals surface area contributed by atoms with E-state index in [0.29, 0.717) is 22.7 Å². The van der Waals surface area contributed by atoms with E-state index in [1.807, 2.05) is 47.4 Å². The molecule has 1 N–H and O–H groups in total. The van der Waals surface area contributed by atoms with Gasteiger partial charge < -0.3 is 15.0 Å². The van der Waals surface area contributed by atoms with Crippen LogP contribution in [0.2, 0.25) is 0 Å². The molecule has 1 fully saturated rings. The van der Waals surface area contributed by atoms with Gasteiger partial charge >= 0.3 is 0 Å². The molecule has 0 bridgehead atoms. The van der Waals surface area contributed by atoms with Crippen molar-refractivity contribution in [3.05, 3.63) is 77.5 Å². The monoisotopic (exact) mass is 431 g/mol. The van der Waals surface area contributed by atoms with Gasteiger partial charge in [0.1, 0.15) is 10.8 Å². The number of carbonyl (C=O) groups is 2. The van der Waals surface area contributed by atoms with E-state index in [2.05, 4.69) is 10.3 Å². The van der Waals surface area contributed by atoms with E-state index in [1.165, 1.54) is 11.8 Å². The van der Waals surface area contributed by atoms with Crippen molar-refractivity contribution in [2.75, 3.05) is 12.0 Å². The van der Waals surface area contributed by atoms with E-state index in [9.17, 15) is 9.59 Å². The predicted octanol–water partition coefficient (Wildman–Crippen LogP) is 4.29. The van der Waals surface area contributed by atoms with Crippen molar-refractivity contribution in [3.63, 3.8) is 0 Å². The third-order valence-electron chi connectivity index (χ3n) is 5.43. The maximum absolute atomic E-state index is 13.2. The molecule has 156 valence electrons. The zero-order valence-corrected chi connectivity index (χ0v) is 17.8. The van der Waals surface area contributed by atoms with Gasteiger partial charge in [0.2, 0.25) is 0 Å². The Morgan fingerprint density at radius 3 is 2.74 bits per heavy atom. The van der Waals surface area contributed by atoms with Gasteiger partial charge in [-0.2, -0.15) is 0 Å². The molecule has 0 saturated heterocycles. The van der Waals surface area contributed by atoms with E-state index in [4.69, 9.17) is 4.74 Å². The molecule has 0 radical (unpaired) electrons. The SMILES string of the molecule is COc1ccc(CNC(=O)c2ccc3c(c2)Sc2ncccc2C(=O)N3C2CC2)cc1. The summed E-state index contributed by atoms with van der Waals surface area (Å²) in [6, 6.07) is 16.9. The number of pyridine rings is 1. The van der Waals surface area contributed by atoms with Crippen LogP contribution in [-0.4, -0.2) is 29.9 Å². The molecule has 2 heterocycles. The second kappa shape index (κ2) is 8.07. The molecule has 31 heavy (non-hydrogen) atoms. The van der Waals surface area contributed by atoms with Crippen molar-refractivity contribution < 1.29 is 14.3 Å². The van der Waals surface area contributed by atoms with Crippen molar-refractivity contribution >= 4 is 29.3 Å². The maximum atomic E-state index is 13.2. The van der Waals surface area contributed by atoms with Crippen LogP contribution in [-0.2, 0) is 6.54 Å². The molecule has 2 amide bonds. The van der Waals surface area contributed by atoms with E-state index in [0.717, 1.165) is 34.7 Å². The van der Waals surface area contributed by atoms with E-state index < -0.39 is 0 Å². The molecule has 5 rings (SSSR count). The van der Waals surface area contributed by atoms with Crippen molar-refractivity contribution in [1.82, 2.24) is 10.3 Å². The number of hydrogen-bond donors (Lipinski definition) is 1. The summed E-state index contributed by atoms with van der Waals surface area (Å²) in [7, 11) is 1.62. The fourth-order valence-corrected chi connectivity index (χ4v) is 4.68. The number of carbonyl (C=O) groups excluding carboxylic acids is 2. The first kappa shape index (κ1) is 19.6. The van der Waals surface area contributed by atoms with Gasteiger partial charge in [-0.25, -0.2) is 4.98 Å². The molecule has 2 aliphatic rings. The molecular formula is C24H21N3O3S. The summed E-state index contributed by atoms with van der Waals surface area (Å²) in [4.78, 5) is 33.2. The summed E-state index contributed by atoms with van der Waals surface area (Å²) >= 11 is 1.44. The zero-order chi connectivity index (χ0) is 21.4. The van der Waals surface area contributed by atoms with Crippen LogP contribution < -0.4 is 15.0 Å². The van der Waals surface area contributed by atoms with Crippen LogP contribution >= 0.6 is 11.8 Å². The van der Waals surface area contributed by atoms with Gasteiger partial charge in [-0.15, -0.1) is 0 Å². The molecule has 0 unspecified atom stereocenters. The average Bonchev–Trinajstić information content (AvgIpc) is 3.64. The number of hydrogen-bond acceptors (Lipinski definition) is 5. The van der Waals surface area contributed by atoms with Crippen molar-refractivity contribution in [3.8, 4) is 5.75 Å². The van der Waals surface area contributed by atoms with E-state index in [1.54, 1.807) is 25.4 Å². The number of nitrogens with zero attached hydrogens (tertiary/aromatic N) is 2. The second-order valence-electron chi connectivity index (χ2n) is 7.58. The number of ether oxygens (including phenoxy) is 1. The molecule has 0 atom stereocenters. The van der Waals surface area contributed by atoms with Crippen LogP contribution in [0.5, 0.6) is 5.75 Å². The third kappa shape index (κ3) is 3.88. The summed E-state index contributed by atoms with van der Waals surface area (Å²) < 4.78 is 5.17. The number of anilines is 1. The maximum Gasteiger partial charge on any atom is 0.261 e. The molecular weight excluding hydrogens is 410 g/mol. The zero-order valence-electron chi connectivity index (χ0n) is 17.0. The van der Waals surface area contributed by atoms with Gasteiger partial charge in [-0.1, -0.05) is 23.9 Å². The molecule has 1 aromatic heterocycles. The number of benzene rings is 2. The van der Waals surface area contributed by atoms with Crippen LogP contribution in [0, 0.1) is 0 Å². The van der Waals surface area contributed by atoms with Gasteiger partial charge in [-0.3, -0.25) is 9.59 Å². The van der Waals surface area contributed by atoms with Gasteiger partial charge in [-0.05, 0) is 60.9 Å². The Balaban J connectivity index is 1.41. The lowest BCUT2D eigenvalue weighted by Crippen LogP contribution is -2.33. The first-order valence-corrected chi connectivity index (χ1v) is 11.0. The largest absolute Gasteiger partial charge is 0.497 e. The Bertz CT molecular complexity index is 1160. The minimum absolute atomic E-state index is 0.0199. The Hall–Kier alpha value is -3.32. The first-order valence-electron chi connectivity index (χ1n) is 10.2. The first-order chi connectivity index (χ1) is 15.1. The fraction of sp³-hybridized carbons (Fsp3) is 0.208. The second-order valence-corrected chi connectivity index (χ2v) is 8.61. The molecule has 3 aromatic rings. The van der Waals surface area contributed by atoms with Crippen LogP contribution in [0.3, 0.4) is 0 Å². The van der Waals surface area contributed by atoms with Crippen molar-refractivity contribution in [2.45, 2.75) is 35.3 Å². The molecule has 1 saturated carbocycles. The lowest BCUT2D eigenvalue weighted by Gasteiger charge is -2.22. The lowest BCUT2D eigenvalue weighted by molar-refractivity contribution is 0.0949. The summed E-state index contributed by atoms with van der Waals surface area (Å²) in [6.07, 6.45) is 3.68. The standard InChI is InChI=1S/C24H21N3O3S/c1-30-18-9-4-15(5-10-18)14-26-22(28)16-6-11-20-21(13-16)31-23-19(3-2-12-25-23)24(29)27(20)17-7-8-17/h2-6,9-13,17H,7-8,14H2,1H3,(H,26,28). The number of nitrogens with one attached hydrogen (secondary N) is 1. The topological polar surface area (TPSA) is 71.5 Å². The number of methoxy groups -OCH3 is 1. The average molecular weight is 432 g/mol. The summed E-state index contributed by atoms with van der Waals surface area (Å²) in [5.41, 5.74) is 3.01. The van der Waals surface area contributed by atoms with E-state index >= 15 is 0 Å². The van der Waals surface area contributed by atoms with Gasteiger partial charge in [0.15, 0.2) is 0 Å².